The lowest BCUT2D eigenvalue weighted by Gasteiger charge is -2.12. The molecule has 0 saturated carbocycles. The van der Waals surface area contributed by atoms with E-state index in [4.69, 9.17) is 9.47 Å². The van der Waals surface area contributed by atoms with E-state index >= 15 is 0 Å². The van der Waals surface area contributed by atoms with Crippen LogP contribution >= 0.6 is 0 Å². The number of hydrogen-bond acceptors (Lipinski definition) is 2. The van der Waals surface area contributed by atoms with Crippen molar-refractivity contribution in [3.63, 3.8) is 0 Å². The Morgan fingerprint density at radius 1 is 0.667 bits per heavy atom. The number of benzene rings is 3. The van der Waals surface area contributed by atoms with Crippen molar-refractivity contribution in [2.45, 2.75) is 13.5 Å². The summed E-state index contributed by atoms with van der Waals surface area (Å²) >= 11 is 0. The number of fused-ring (bicyclic) bond motifs is 1. The Morgan fingerprint density at radius 3 is 1.86 bits per heavy atom. The van der Waals surface area contributed by atoms with Gasteiger partial charge in [-0.25, -0.2) is 0 Å². The molecule has 0 spiro atoms. The quantitative estimate of drug-likeness (QED) is 0.666. The molecule has 0 aromatic heterocycles. The fourth-order valence-corrected chi connectivity index (χ4v) is 2.39. The van der Waals surface area contributed by atoms with Crippen molar-refractivity contribution >= 4 is 10.8 Å². The summed E-state index contributed by atoms with van der Waals surface area (Å²) < 4.78 is 11.7. The Kier molecular flexibility index (Phi) is 4.06. The third-order valence-electron chi connectivity index (χ3n) is 3.38. The minimum absolute atomic E-state index is 0.568. The second-order valence-corrected chi connectivity index (χ2v) is 4.81. The Labute approximate surface area is 124 Å². The lowest BCUT2D eigenvalue weighted by atomic mass is 10.1. The monoisotopic (exact) mass is 278 g/mol. The van der Waals surface area contributed by atoms with Crippen molar-refractivity contribution in [3.05, 3.63) is 72.3 Å². The standard InChI is InChI=1S/C19H18O2/c1-2-20-18-12-13-19(17-11-7-6-10-16(17)18)21-14-15-8-4-3-5-9-15/h3-13H,2,14H2,1H3. The molecule has 0 aliphatic rings. The molecule has 0 unspecified atom stereocenters. The van der Waals surface area contributed by atoms with Crippen molar-refractivity contribution in [3.8, 4) is 11.5 Å². The van der Waals surface area contributed by atoms with Crippen molar-refractivity contribution in [2.75, 3.05) is 6.61 Å². The first-order valence-corrected chi connectivity index (χ1v) is 7.19. The zero-order chi connectivity index (χ0) is 14.5. The van der Waals surface area contributed by atoms with Gasteiger partial charge in [0, 0.05) is 10.8 Å². The molecule has 0 aliphatic heterocycles. The molecule has 3 aromatic carbocycles. The fourth-order valence-electron chi connectivity index (χ4n) is 2.39. The predicted octanol–water partition coefficient (Wildman–Crippen LogP) is 4.82. The summed E-state index contributed by atoms with van der Waals surface area (Å²) in [5.41, 5.74) is 1.16. The highest BCUT2D eigenvalue weighted by Gasteiger charge is 2.07. The highest BCUT2D eigenvalue weighted by atomic mass is 16.5. The summed E-state index contributed by atoms with van der Waals surface area (Å²) in [5, 5.41) is 2.17. The lowest BCUT2D eigenvalue weighted by Crippen LogP contribution is -1.97. The van der Waals surface area contributed by atoms with E-state index in [2.05, 4.69) is 24.3 Å². The van der Waals surface area contributed by atoms with E-state index in [1.165, 1.54) is 0 Å². The molecule has 0 aliphatic carbocycles. The van der Waals surface area contributed by atoms with Crippen LogP contribution in [0.4, 0.5) is 0 Å². The van der Waals surface area contributed by atoms with Crippen molar-refractivity contribution < 1.29 is 9.47 Å². The van der Waals surface area contributed by atoms with Gasteiger partial charge in [-0.3, -0.25) is 0 Å². The van der Waals surface area contributed by atoms with Crippen molar-refractivity contribution in [1.29, 1.82) is 0 Å². The van der Waals surface area contributed by atoms with Crippen LogP contribution in [0, 0.1) is 0 Å². The van der Waals surface area contributed by atoms with Crippen LogP contribution in [0.15, 0.2) is 66.7 Å². The van der Waals surface area contributed by atoms with Gasteiger partial charge in [0.15, 0.2) is 0 Å². The molecule has 0 N–H and O–H groups in total. The number of ether oxygens (including phenoxy) is 2. The first-order valence-electron chi connectivity index (χ1n) is 7.19. The molecule has 21 heavy (non-hydrogen) atoms. The molecule has 2 heteroatoms. The van der Waals surface area contributed by atoms with E-state index in [1.807, 2.05) is 49.4 Å². The lowest BCUT2D eigenvalue weighted by molar-refractivity contribution is 0.308. The molecule has 0 bridgehead atoms. The van der Waals surface area contributed by atoms with Gasteiger partial charge in [0.05, 0.1) is 6.61 Å². The maximum atomic E-state index is 5.98. The van der Waals surface area contributed by atoms with Gasteiger partial charge in [0.2, 0.25) is 0 Å². The third kappa shape index (κ3) is 3.00. The maximum absolute atomic E-state index is 5.98. The summed E-state index contributed by atoms with van der Waals surface area (Å²) in [5.74, 6) is 1.79. The first-order chi connectivity index (χ1) is 10.4. The first kappa shape index (κ1) is 13.5. The Hall–Kier alpha value is -2.48. The molecule has 0 amide bonds. The molecule has 0 heterocycles. The van der Waals surface area contributed by atoms with E-state index in [0.717, 1.165) is 27.8 Å². The average molecular weight is 278 g/mol. The average Bonchev–Trinajstić information content (AvgIpc) is 2.55. The second-order valence-electron chi connectivity index (χ2n) is 4.81. The fraction of sp³-hybridized carbons (Fsp3) is 0.158. The van der Waals surface area contributed by atoms with Crippen molar-refractivity contribution in [1.82, 2.24) is 0 Å². The van der Waals surface area contributed by atoms with Crippen LogP contribution in [0.2, 0.25) is 0 Å². The van der Waals surface area contributed by atoms with Gasteiger partial charge in [0.1, 0.15) is 18.1 Å². The Balaban J connectivity index is 1.90. The van der Waals surface area contributed by atoms with Crippen LogP contribution in [0.25, 0.3) is 10.8 Å². The number of hydrogen-bond donors (Lipinski definition) is 0. The van der Waals surface area contributed by atoms with Crippen LogP contribution < -0.4 is 9.47 Å². The Morgan fingerprint density at radius 2 is 1.24 bits per heavy atom. The highest BCUT2D eigenvalue weighted by molar-refractivity contribution is 5.93. The van der Waals surface area contributed by atoms with Gasteiger partial charge in [-0.1, -0.05) is 54.6 Å². The maximum Gasteiger partial charge on any atom is 0.127 e. The molecular weight excluding hydrogens is 260 g/mol. The summed E-state index contributed by atoms with van der Waals surface area (Å²) in [7, 11) is 0. The summed E-state index contributed by atoms with van der Waals surface area (Å²) in [6, 6.07) is 22.3. The van der Waals surface area contributed by atoms with Crippen LogP contribution in [0.1, 0.15) is 12.5 Å². The van der Waals surface area contributed by atoms with Gasteiger partial charge in [0.25, 0.3) is 0 Å². The SMILES string of the molecule is CCOc1ccc(OCc2ccccc2)c2ccccc12. The second kappa shape index (κ2) is 6.31. The summed E-state index contributed by atoms with van der Waals surface area (Å²) in [4.78, 5) is 0. The molecule has 3 aromatic rings. The van der Waals surface area contributed by atoms with Gasteiger partial charge >= 0.3 is 0 Å². The van der Waals surface area contributed by atoms with E-state index < -0.39 is 0 Å². The van der Waals surface area contributed by atoms with E-state index in [-0.39, 0.29) is 0 Å². The molecule has 0 saturated heterocycles. The highest BCUT2D eigenvalue weighted by Crippen LogP contribution is 2.33. The molecule has 0 atom stereocenters. The van der Waals surface area contributed by atoms with Crippen LogP contribution in [0.5, 0.6) is 11.5 Å². The molecule has 2 nitrogen and oxygen atoms in total. The van der Waals surface area contributed by atoms with E-state index in [0.29, 0.717) is 13.2 Å². The zero-order valence-electron chi connectivity index (χ0n) is 12.1. The topological polar surface area (TPSA) is 18.5 Å². The Bertz CT molecular complexity index is 720. The van der Waals surface area contributed by atoms with Crippen LogP contribution in [0.3, 0.4) is 0 Å². The minimum Gasteiger partial charge on any atom is -0.493 e. The smallest absolute Gasteiger partial charge is 0.127 e. The van der Waals surface area contributed by atoms with Gasteiger partial charge in [-0.05, 0) is 24.6 Å². The number of rotatable bonds is 5. The van der Waals surface area contributed by atoms with Crippen LogP contribution in [-0.4, -0.2) is 6.61 Å². The summed E-state index contributed by atoms with van der Waals surface area (Å²) in [6.45, 7) is 3.22. The van der Waals surface area contributed by atoms with Crippen LogP contribution in [-0.2, 0) is 6.61 Å². The van der Waals surface area contributed by atoms with Gasteiger partial charge < -0.3 is 9.47 Å². The molecule has 0 fully saturated rings. The minimum atomic E-state index is 0.568. The summed E-state index contributed by atoms with van der Waals surface area (Å²) in [6.07, 6.45) is 0. The van der Waals surface area contributed by atoms with Gasteiger partial charge in [-0.15, -0.1) is 0 Å². The molecular formula is C19H18O2. The molecule has 0 radical (unpaired) electrons. The third-order valence-corrected chi connectivity index (χ3v) is 3.38. The largest absolute Gasteiger partial charge is 0.493 e. The predicted molar refractivity (Wildman–Crippen MR) is 85.9 cm³/mol. The molecule has 3 rings (SSSR count). The van der Waals surface area contributed by atoms with E-state index in [1.54, 1.807) is 0 Å². The van der Waals surface area contributed by atoms with Crippen molar-refractivity contribution in [2.24, 2.45) is 0 Å². The van der Waals surface area contributed by atoms with E-state index in [9.17, 15) is 0 Å². The van der Waals surface area contributed by atoms with Gasteiger partial charge in [-0.2, -0.15) is 0 Å². The normalized spacial score (nSPS) is 10.5. The molecule has 106 valence electrons. The zero-order valence-corrected chi connectivity index (χ0v) is 12.1.